The van der Waals surface area contributed by atoms with Crippen LogP contribution in [0.4, 0.5) is 11.4 Å². The van der Waals surface area contributed by atoms with Gasteiger partial charge in [-0.1, -0.05) is 23.7 Å². The second kappa shape index (κ2) is 13.0. The number of carbonyl (C=O) groups is 1. The number of pyridine rings is 1. The van der Waals surface area contributed by atoms with Crippen LogP contribution >= 0.6 is 23.4 Å². The number of fused-ring (bicyclic) bond motifs is 1. The van der Waals surface area contributed by atoms with Crippen LogP contribution in [0.1, 0.15) is 17.2 Å². The second-order valence-corrected chi connectivity index (χ2v) is 12.7. The number of anilines is 2. The first-order chi connectivity index (χ1) is 20.9. The predicted molar refractivity (Wildman–Crippen MR) is 174 cm³/mol. The molecule has 2 saturated heterocycles. The number of aromatic nitrogens is 3. The molecule has 0 radical (unpaired) electrons. The fourth-order valence-corrected chi connectivity index (χ4v) is 6.91. The Bertz CT molecular complexity index is 1660. The molecule has 1 amide bonds. The molecule has 2 aromatic heterocycles. The van der Waals surface area contributed by atoms with Gasteiger partial charge >= 0.3 is 0 Å². The van der Waals surface area contributed by atoms with Crippen molar-refractivity contribution < 1.29 is 9.90 Å². The Morgan fingerprint density at radius 3 is 2.67 bits per heavy atom. The molecule has 2 aliphatic heterocycles. The lowest BCUT2D eigenvalue weighted by Gasteiger charge is -2.37. The highest BCUT2D eigenvalue weighted by molar-refractivity contribution is 7.99. The molecule has 2 aromatic carbocycles. The van der Waals surface area contributed by atoms with Gasteiger partial charge in [0.05, 0.1) is 29.4 Å². The van der Waals surface area contributed by atoms with E-state index >= 15 is 0 Å². The topological polar surface area (TPSA) is 121 Å². The number of aromatic amines is 2. The molecule has 1 atom stereocenters. The minimum Gasteiger partial charge on any atom is -0.387 e. The Labute approximate surface area is 259 Å². The fraction of sp³-hybridized carbons (Fsp3) is 0.387. The molecule has 0 spiro atoms. The second-order valence-electron chi connectivity index (χ2n) is 11.0. The van der Waals surface area contributed by atoms with Gasteiger partial charge in [0.1, 0.15) is 11.4 Å². The van der Waals surface area contributed by atoms with Crippen LogP contribution in [0.15, 0.2) is 53.5 Å². The minimum absolute atomic E-state index is 0.186. The van der Waals surface area contributed by atoms with Gasteiger partial charge in [0, 0.05) is 74.2 Å². The lowest BCUT2D eigenvalue weighted by atomic mass is 10.1. The molecule has 12 heteroatoms. The summed E-state index contributed by atoms with van der Waals surface area (Å²) < 4.78 is 0. The number of piperazine rings is 1. The fourth-order valence-electron chi connectivity index (χ4n) is 5.74. The summed E-state index contributed by atoms with van der Waals surface area (Å²) in [5.74, 6) is 2.86. The molecule has 0 saturated carbocycles. The number of halogens is 1. The summed E-state index contributed by atoms with van der Waals surface area (Å²) in [6.45, 7) is 7.60. The third kappa shape index (κ3) is 6.70. The molecule has 43 heavy (non-hydrogen) atoms. The minimum atomic E-state index is -0.814. The smallest absolute Gasteiger partial charge is 0.261 e. The highest BCUT2D eigenvalue weighted by Crippen LogP contribution is 2.30. The number of aliphatic hydroxyl groups is 1. The maximum atomic E-state index is 13.0. The van der Waals surface area contributed by atoms with Crippen LogP contribution in [0.2, 0.25) is 5.02 Å². The first-order valence-electron chi connectivity index (χ1n) is 14.6. The summed E-state index contributed by atoms with van der Waals surface area (Å²) >= 11 is 8.04. The largest absolute Gasteiger partial charge is 0.387 e. The number of hydrogen-bond donors (Lipinski definition) is 4. The third-order valence-electron chi connectivity index (χ3n) is 8.14. The van der Waals surface area contributed by atoms with Gasteiger partial charge in [-0.3, -0.25) is 14.5 Å². The Balaban J connectivity index is 1.17. The molecule has 2 fully saturated rings. The Morgan fingerprint density at radius 1 is 1.12 bits per heavy atom. The number of thioether (sulfide) groups is 1. The number of carbonyl (C=O) groups excluding carboxylic acids is 1. The van der Waals surface area contributed by atoms with E-state index in [1.54, 1.807) is 30.5 Å². The average Bonchev–Trinajstić information content (AvgIpc) is 3.45. The zero-order chi connectivity index (χ0) is 29.9. The lowest BCUT2D eigenvalue weighted by Crippen LogP contribution is -2.52. The molecule has 0 aliphatic carbocycles. The summed E-state index contributed by atoms with van der Waals surface area (Å²) in [6, 6.07) is 13.0. The number of nitrogens with zero attached hydrogens (tertiary/aromatic N) is 4. The van der Waals surface area contributed by atoms with Gasteiger partial charge in [-0.05, 0) is 48.4 Å². The normalized spacial score (nSPS) is 16.9. The zero-order valence-electron chi connectivity index (χ0n) is 24.1. The van der Waals surface area contributed by atoms with Crippen molar-refractivity contribution in [1.82, 2.24) is 24.8 Å². The number of nitrogens with one attached hydrogen (secondary N) is 3. The number of aryl methyl sites for hydroxylation is 1. The van der Waals surface area contributed by atoms with E-state index in [4.69, 9.17) is 16.6 Å². The number of rotatable bonds is 8. The number of benzene rings is 2. The van der Waals surface area contributed by atoms with E-state index in [0.717, 1.165) is 60.0 Å². The molecule has 4 N–H and O–H groups in total. The highest BCUT2D eigenvalue weighted by Gasteiger charge is 2.25. The Morgan fingerprint density at radius 2 is 1.91 bits per heavy atom. The number of imidazole rings is 1. The molecule has 10 nitrogen and oxygen atoms in total. The van der Waals surface area contributed by atoms with Crippen molar-refractivity contribution in [2.24, 2.45) is 0 Å². The van der Waals surface area contributed by atoms with Crippen molar-refractivity contribution in [3.63, 3.8) is 0 Å². The molecule has 6 rings (SSSR count). The van der Waals surface area contributed by atoms with E-state index in [-0.39, 0.29) is 18.0 Å². The highest BCUT2D eigenvalue weighted by atomic mass is 35.5. The van der Waals surface area contributed by atoms with Gasteiger partial charge in [0.15, 0.2) is 0 Å². The van der Waals surface area contributed by atoms with E-state index in [0.29, 0.717) is 47.3 Å². The van der Waals surface area contributed by atoms with Gasteiger partial charge in [-0.15, -0.1) is 0 Å². The molecular weight excluding hydrogens is 586 g/mol. The van der Waals surface area contributed by atoms with E-state index in [1.165, 1.54) is 0 Å². The van der Waals surface area contributed by atoms with Gasteiger partial charge in [-0.2, -0.15) is 11.8 Å². The maximum Gasteiger partial charge on any atom is 0.261 e. The summed E-state index contributed by atoms with van der Waals surface area (Å²) in [7, 11) is 0. The quantitative estimate of drug-likeness (QED) is 0.235. The molecule has 4 aromatic rings. The van der Waals surface area contributed by atoms with Crippen LogP contribution < -0.4 is 15.8 Å². The average molecular weight is 622 g/mol. The number of amides is 1. The molecular formula is C31H36ClN7O3S. The van der Waals surface area contributed by atoms with Gasteiger partial charge in [0.25, 0.3) is 5.56 Å². The van der Waals surface area contributed by atoms with Crippen LogP contribution in [-0.4, -0.2) is 99.6 Å². The van der Waals surface area contributed by atoms with E-state index < -0.39 is 6.10 Å². The van der Waals surface area contributed by atoms with Crippen molar-refractivity contribution in [1.29, 1.82) is 0 Å². The van der Waals surface area contributed by atoms with E-state index in [9.17, 15) is 14.7 Å². The van der Waals surface area contributed by atoms with Crippen molar-refractivity contribution in [2.75, 3.05) is 74.1 Å². The summed E-state index contributed by atoms with van der Waals surface area (Å²) in [6.07, 6.45) is 0.757. The van der Waals surface area contributed by atoms with E-state index in [2.05, 4.69) is 37.2 Å². The van der Waals surface area contributed by atoms with Crippen LogP contribution in [0.5, 0.6) is 0 Å². The Hall–Kier alpha value is -3.51. The summed E-state index contributed by atoms with van der Waals surface area (Å²) in [5, 5.41) is 14.5. The van der Waals surface area contributed by atoms with E-state index in [1.807, 2.05) is 29.7 Å². The summed E-state index contributed by atoms with van der Waals surface area (Å²) in [4.78, 5) is 43.4. The van der Waals surface area contributed by atoms with Crippen molar-refractivity contribution in [3.05, 3.63) is 75.2 Å². The SMILES string of the molecule is Cc1cc(N2CCN(C(=O)CN3CCSCC3)CC2)cc2[nH]c(-c3c(NCC(O)c4cccc(Cl)c4)cc[nH]c3=O)nc12. The molecule has 0 bridgehead atoms. The number of aliphatic hydroxyl groups excluding tert-OH is 1. The maximum absolute atomic E-state index is 13.0. The first-order valence-corrected chi connectivity index (χ1v) is 16.1. The first kappa shape index (κ1) is 29.6. The number of H-pyrrole nitrogens is 2. The molecule has 226 valence electrons. The van der Waals surface area contributed by atoms with Crippen LogP contribution in [0.3, 0.4) is 0 Å². The van der Waals surface area contributed by atoms with Crippen LogP contribution in [0, 0.1) is 6.92 Å². The van der Waals surface area contributed by atoms with Gasteiger partial charge in [0.2, 0.25) is 5.91 Å². The monoisotopic (exact) mass is 621 g/mol. The van der Waals surface area contributed by atoms with Gasteiger partial charge in [-0.25, -0.2) is 4.98 Å². The molecule has 1 unspecified atom stereocenters. The lowest BCUT2D eigenvalue weighted by molar-refractivity contribution is -0.132. The van der Waals surface area contributed by atoms with Crippen molar-refractivity contribution in [2.45, 2.75) is 13.0 Å². The van der Waals surface area contributed by atoms with Gasteiger partial charge < -0.3 is 30.2 Å². The summed E-state index contributed by atoms with van der Waals surface area (Å²) in [5.41, 5.74) is 5.01. The van der Waals surface area contributed by atoms with Crippen molar-refractivity contribution in [3.8, 4) is 11.4 Å². The van der Waals surface area contributed by atoms with Crippen LogP contribution in [0.25, 0.3) is 22.4 Å². The van der Waals surface area contributed by atoms with Crippen molar-refractivity contribution >= 4 is 51.7 Å². The Kier molecular flexibility index (Phi) is 8.94. The third-order valence-corrected chi connectivity index (χ3v) is 9.32. The standard InChI is InChI=1S/C31H36ClN7O3S/c1-20-15-23(38-7-9-39(10-8-38)27(41)19-37-11-13-43-14-12-37)17-25-29(20)36-30(35-25)28-24(5-6-33-31(28)42)34-18-26(40)21-3-2-4-22(32)16-21/h2-6,15-17,26,40H,7-14,18-19H2,1H3,(H,35,36)(H2,33,34,42). The molecule has 4 heterocycles. The number of hydrogen-bond acceptors (Lipinski definition) is 8. The van der Waals surface area contributed by atoms with Crippen LogP contribution in [-0.2, 0) is 4.79 Å². The molecule has 2 aliphatic rings. The predicted octanol–water partition coefficient (Wildman–Crippen LogP) is 3.72. The zero-order valence-corrected chi connectivity index (χ0v) is 25.7.